The van der Waals surface area contributed by atoms with Crippen LogP contribution in [0.3, 0.4) is 0 Å². The van der Waals surface area contributed by atoms with E-state index in [-0.39, 0.29) is 12.3 Å². The summed E-state index contributed by atoms with van der Waals surface area (Å²) in [6.45, 7) is 1.64. The van der Waals surface area contributed by atoms with Gasteiger partial charge in [0.2, 0.25) is 0 Å². The van der Waals surface area contributed by atoms with Crippen LogP contribution in [0, 0.1) is 11.3 Å². The second-order valence-corrected chi connectivity index (χ2v) is 4.51. The summed E-state index contributed by atoms with van der Waals surface area (Å²) in [7, 11) is 0. The zero-order chi connectivity index (χ0) is 15.4. The highest BCUT2D eigenvalue weighted by Crippen LogP contribution is 2.05. The van der Waals surface area contributed by atoms with Crippen molar-refractivity contribution in [3.05, 3.63) is 68.0 Å². The van der Waals surface area contributed by atoms with E-state index >= 15 is 0 Å². The maximum Gasteiger partial charge on any atom is 0.328 e. The average Bonchev–Trinajstić information content (AvgIpc) is 2.50. The Bertz CT molecular complexity index is 823. The zero-order valence-electron chi connectivity index (χ0n) is 11.4. The molecule has 6 heteroatoms. The molecule has 0 radical (unpaired) electrons. The third-order valence-corrected chi connectivity index (χ3v) is 3.12. The number of aromatic nitrogens is 2. The lowest BCUT2D eigenvalue weighted by atomic mass is 10.1. The second-order valence-electron chi connectivity index (χ2n) is 4.51. The van der Waals surface area contributed by atoms with Crippen molar-refractivity contribution in [3.8, 4) is 6.07 Å². The molecule has 0 atom stereocenters. The number of benzene rings is 1. The minimum atomic E-state index is -0.612. The number of ketones is 1. The number of nitrogens with zero attached hydrogens (tertiary/aromatic N) is 2. The number of nitrogens with one attached hydrogen (secondary N) is 1. The van der Waals surface area contributed by atoms with Gasteiger partial charge in [-0.25, -0.2) is 4.79 Å². The molecule has 0 unspecified atom stereocenters. The van der Waals surface area contributed by atoms with Crippen molar-refractivity contribution in [1.29, 1.82) is 5.26 Å². The first-order chi connectivity index (χ1) is 10.0. The highest BCUT2D eigenvalue weighted by molar-refractivity contribution is 5.95. The van der Waals surface area contributed by atoms with Crippen LogP contribution in [0.4, 0.5) is 0 Å². The van der Waals surface area contributed by atoms with Crippen LogP contribution in [0.15, 0.2) is 40.1 Å². The molecule has 106 valence electrons. The Balaban J connectivity index is 2.29. The van der Waals surface area contributed by atoms with Crippen molar-refractivity contribution < 1.29 is 4.79 Å². The number of Topliss-reactive ketones (excluding diaryl/α,β-unsaturated/α-hetero) is 1. The topological polar surface area (TPSA) is 95.7 Å². The molecular formula is C15H13N3O3. The van der Waals surface area contributed by atoms with E-state index in [0.717, 1.165) is 0 Å². The summed E-state index contributed by atoms with van der Waals surface area (Å²) in [5, 5.41) is 8.71. The van der Waals surface area contributed by atoms with Crippen molar-refractivity contribution in [3.63, 3.8) is 0 Å². The van der Waals surface area contributed by atoms with Crippen molar-refractivity contribution >= 4 is 5.78 Å². The predicted molar refractivity (Wildman–Crippen MR) is 76.2 cm³/mol. The molecule has 0 amide bonds. The SMILES string of the molecule is CCc1cn(CC(=O)c2ccc(C#N)cc2)c(=O)[nH]c1=O. The van der Waals surface area contributed by atoms with Gasteiger partial charge in [-0.3, -0.25) is 19.1 Å². The molecule has 6 nitrogen and oxygen atoms in total. The number of carbonyl (C=O) groups excluding carboxylic acids is 1. The van der Waals surface area contributed by atoms with Gasteiger partial charge in [-0.1, -0.05) is 19.1 Å². The second kappa shape index (κ2) is 6.01. The van der Waals surface area contributed by atoms with Crippen LogP contribution in [0.1, 0.15) is 28.4 Å². The van der Waals surface area contributed by atoms with Crippen molar-refractivity contribution in [2.75, 3.05) is 0 Å². The van der Waals surface area contributed by atoms with Gasteiger partial charge in [0.25, 0.3) is 5.56 Å². The predicted octanol–water partition coefficient (Wildman–Crippen LogP) is 0.854. The van der Waals surface area contributed by atoms with Gasteiger partial charge in [-0.15, -0.1) is 0 Å². The maximum absolute atomic E-state index is 12.1. The van der Waals surface area contributed by atoms with Gasteiger partial charge in [0.15, 0.2) is 5.78 Å². The van der Waals surface area contributed by atoms with Gasteiger partial charge in [-0.05, 0) is 18.6 Å². The minimum absolute atomic E-state index is 0.158. The number of hydrogen-bond acceptors (Lipinski definition) is 4. The molecule has 21 heavy (non-hydrogen) atoms. The summed E-state index contributed by atoms with van der Waals surface area (Å²) in [6.07, 6.45) is 1.88. The summed E-state index contributed by atoms with van der Waals surface area (Å²) >= 11 is 0. The molecule has 0 aliphatic heterocycles. The van der Waals surface area contributed by atoms with Gasteiger partial charge in [-0.2, -0.15) is 5.26 Å². The Hall–Kier alpha value is -2.94. The van der Waals surface area contributed by atoms with Crippen LogP contribution >= 0.6 is 0 Å². The third-order valence-electron chi connectivity index (χ3n) is 3.12. The van der Waals surface area contributed by atoms with E-state index in [4.69, 9.17) is 5.26 Å². The van der Waals surface area contributed by atoms with Crippen LogP contribution in [0.5, 0.6) is 0 Å². The third kappa shape index (κ3) is 3.15. The first kappa shape index (κ1) is 14.5. The van der Waals surface area contributed by atoms with E-state index in [9.17, 15) is 14.4 Å². The summed E-state index contributed by atoms with van der Waals surface area (Å²) in [5.41, 5.74) is 0.275. The zero-order valence-corrected chi connectivity index (χ0v) is 11.4. The van der Waals surface area contributed by atoms with E-state index in [0.29, 0.717) is 23.1 Å². The molecule has 0 bridgehead atoms. The van der Waals surface area contributed by atoms with Gasteiger partial charge in [0.1, 0.15) is 0 Å². The van der Waals surface area contributed by atoms with E-state index in [1.165, 1.54) is 10.8 Å². The van der Waals surface area contributed by atoms with Crippen LogP contribution in [0.25, 0.3) is 0 Å². The number of carbonyl (C=O) groups is 1. The van der Waals surface area contributed by atoms with Crippen LogP contribution < -0.4 is 11.2 Å². The highest BCUT2D eigenvalue weighted by atomic mass is 16.2. The Morgan fingerprint density at radius 1 is 1.29 bits per heavy atom. The van der Waals surface area contributed by atoms with Crippen molar-refractivity contribution in [2.45, 2.75) is 19.9 Å². The summed E-state index contributed by atoms with van der Waals surface area (Å²) < 4.78 is 1.18. The van der Waals surface area contributed by atoms with Crippen LogP contribution in [0.2, 0.25) is 0 Å². The molecule has 0 saturated carbocycles. The first-order valence-corrected chi connectivity index (χ1v) is 6.41. The Morgan fingerprint density at radius 2 is 1.95 bits per heavy atom. The molecule has 0 fully saturated rings. The molecule has 1 aromatic heterocycles. The fourth-order valence-corrected chi connectivity index (χ4v) is 1.90. The average molecular weight is 283 g/mol. The normalized spacial score (nSPS) is 10.1. The highest BCUT2D eigenvalue weighted by Gasteiger charge is 2.10. The molecule has 0 aliphatic rings. The molecular weight excluding hydrogens is 270 g/mol. The van der Waals surface area contributed by atoms with Gasteiger partial charge in [0.05, 0.1) is 18.2 Å². The standard InChI is InChI=1S/C15H13N3O3/c1-2-11-8-18(15(21)17-14(11)20)9-13(19)12-5-3-10(7-16)4-6-12/h3-6,8H,2,9H2,1H3,(H,17,20,21). The molecule has 2 aromatic rings. The maximum atomic E-state index is 12.1. The van der Waals surface area contributed by atoms with Crippen LogP contribution in [-0.2, 0) is 13.0 Å². The van der Waals surface area contributed by atoms with Gasteiger partial charge >= 0.3 is 5.69 Å². The minimum Gasteiger partial charge on any atom is -0.293 e. The van der Waals surface area contributed by atoms with E-state index in [2.05, 4.69) is 4.98 Å². The number of hydrogen-bond donors (Lipinski definition) is 1. The van der Waals surface area contributed by atoms with Crippen molar-refractivity contribution in [1.82, 2.24) is 9.55 Å². The van der Waals surface area contributed by atoms with Crippen LogP contribution in [-0.4, -0.2) is 15.3 Å². The smallest absolute Gasteiger partial charge is 0.293 e. The summed E-state index contributed by atoms with van der Waals surface area (Å²) in [6, 6.07) is 8.13. The molecule has 0 aliphatic carbocycles. The number of rotatable bonds is 4. The summed E-state index contributed by atoms with van der Waals surface area (Å²) in [5.74, 6) is -0.268. The lowest BCUT2D eigenvalue weighted by Crippen LogP contribution is -2.33. The largest absolute Gasteiger partial charge is 0.328 e. The van der Waals surface area contributed by atoms with E-state index in [1.54, 1.807) is 31.2 Å². The Morgan fingerprint density at radius 3 is 2.52 bits per heavy atom. The molecule has 1 heterocycles. The van der Waals surface area contributed by atoms with E-state index < -0.39 is 11.2 Å². The fourth-order valence-electron chi connectivity index (χ4n) is 1.90. The van der Waals surface area contributed by atoms with Gasteiger partial charge in [0, 0.05) is 17.3 Å². The molecule has 1 aromatic carbocycles. The number of aromatic amines is 1. The fraction of sp³-hybridized carbons (Fsp3) is 0.200. The van der Waals surface area contributed by atoms with E-state index in [1.807, 2.05) is 6.07 Å². The summed E-state index contributed by atoms with van der Waals surface area (Å²) in [4.78, 5) is 37.5. The lowest BCUT2D eigenvalue weighted by Gasteiger charge is -2.06. The Labute approximate surface area is 120 Å². The lowest BCUT2D eigenvalue weighted by molar-refractivity contribution is 0.0970. The quantitative estimate of drug-likeness (QED) is 0.841. The monoisotopic (exact) mass is 283 g/mol. The molecule has 0 saturated heterocycles. The molecule has 2 rings (SSSR count). The van der Waals surface area contributed by atoms with Crippen molar-refractivity contribution in [2.24, 2.45) is 0 Å². The number of H-pyrrole nitrogens is 1. The first-order valence-electron chi connectivity index (χ1n) is 6.41. The molecule has 0 spiro atoms. The molecule has 1 N–H and O–H groups in total. The number of aryl methyl sites for hydroxylation is 1. The number of nitriles is 1. The Kier molecular flexibility index (Phi) is 4.14. The van der Waals surface area contributed by atoms with Gasteiger partial charge < -0.3 is 0 Å².